The SMILES string of the molecule is O=C(CCS(=O)(=O)c1ccc(F)cc1)Nc1nc(-c2ccccc2)c(C(=O)c2ccccc2)s1. The highest BCUT2D eigenvalue weighted by Gasteiger charge is 2.22. The summed E-state index contributed by atoms with van der Waals surface area (Å²) < 4.78 is 37.9. The van der Waals surface area contributed by atoms with Crippen LogP contribution in [-0.4, -0.2) is 30.8 Å². The first-order valence-electron chi connectivity index (χ1n) is 10.3. The Morgan fingerprint density at radius 2 is 1.50 bits per heavy atom. The molecule has 0 spiro atoms. The molecule has 0 fully saturated rings. The molecule has 1 aromatic heterocycles. The van der Waals surface area contributed by atoms with Gasteiger partial charge in [0.2, 0.25) is 11.7 Å². The number of anilines is 1. The summed E-state index contributed by atoms with van der Waals surface area (Å²) in [6.45, 7) is 0. The zero-order chi connectivity index (χ0) is 24.1. The highest BCUT2D eigenvalue weighted by atomic mass is 32.2. The number of benzene rings is 3. The van der Waals surface area contributed by atoms with Gasteiger partial charge in [-0.3, -0.25) is 9.59 Å². The molecule has 4 aromatic rings. The predicted octanol–water partition coefficient (Wildman–Crippen LogP) is 4.98. The maximum Gasteiger partial charge on any atom is 0.227 e. The van der Waals surface area contributed by atoms with Crippen LogP contribution in [0, 0.1) is 5.82 Å². The van der Waals surface area contributed by atoms with E-state index in [1.165, 1.54) is 0 Å². The highest BCUT2D eigenvalue weighted by Crippen LogP contribution is 2.33. The maximum absolute atomic E-state index is 13.1. The minimum Gasteiger partial charge on any atom is -0.302 e. The molecule has 0 radical (unpaired) electrons. The van der Waals surface area contributed by atoms with Gasteiger partial charge in [0.15, 0.2) is 15.0 Å². The van der Waals surface area contributed by atoms with Gasteiger partial charge in [0.05, 0.1) is 16.3 Å². The van der Waals surface area contributed by atoms with Crippen molar-refractivity contribution >= 4 is 38.0 Å². The van der Waals surface area contributed by atoms with Crippen LogP contribution < -0.4 is 5.32 Å². The van der Waals surface area contributed by atoms with Crippen molar-refractivity contribution in [2.75, 3.05) is 11.1 Å². The van der Waals surface area contributed by atoms with E-state index in [4.69, 9.17) is 0 Å². The number of nitrogens with zero attached hydrogens (tertiary/aromatic N) is 1. The summed E-state index contributed by atoms with van der Waals surface area (Å²) in [5.41, 5.74) is 1.65. The van der Waals surface area contributed by atoms with Crippen molar-refractivity contribution in [1.82, 2.24) is 4.98 Å². The second-order valence-corrected chi connectivity index (χ2v) is 10.4. The lowest BCUT2D eigenvalue weighted by Crippen LogP contribution is -2.17. The van der Waals surface area contributed by atoms with Crippen molar-refractivity contribution in [2.24, 2.45) is 0 Å². The van der Waals surface area contributed by atoms with Crippen LogP contribution in [0.2, 0.25) is 0 Å². The Morgan fingerprint density at radius 1 is 0.882 bits per heavy atom. The van der Waals surface area contributed by atoms with Crippen LogP contribution in [-0.2, 0) is 14.6 Å². The predicted molar refractivity (Wildman–Crippen MR) is 129 cm³/mol. The second kappa shape index (κ2) is 10.1. The fourth-order valence-electron chi connectivity index (χ4n) is 3.21. The summed E-state index contributed by atoms with van der Waals surface area (Å²) in [7, 11) is -3.76. The van der Waals surface area contributed by atoms with Gasteiger partial charge < -0.3 is 5.32 Å². The lowest BCUT2D eigenvalue weighted by Gasteiger charge is -2.04. The number of hydrogen-bond donors (Lipinski definition) is 1. The summed E-state index contributed by atoms with van der Waals surface area (Å²) in [5, 5.41) is 2.80. The van der Waals surface area contributed by atoms with E-state index in [0.717, 1.165) is 41.2 Å². The molecule has 1 heterocycles. The van der Waals surface area contributed by atoms with Crippen molar-refractivity contribution in [3.8, 4) is 11.3 Å². The van der Waals surface area contributed by atoms with E-state index in [9.17, 15) is 22.4 Å². The van der Waals surface area contributed by atoms with Gasteiger partial charge >= 0.3 is 0 Å². The third-order valence-electron chi connectivity index (χ3n) is 4.93. The van der Waals surface area contributed by atoms with Crippen LogP contribution in [0.1, 0.15) is 21.7 Å². The fourth-order valence-corrected chi connectivity index (χ4v) is 5.41. The third kappa shape index (κ3) is 5.44. The first kappa shape index (κ1) is 23.5. The molecular formula is C25H19FN2O4S2. The van der Waals surface area contributed by atoms with E-state index >= 15 is 0 Å². The molecule has 0 aliphatic rings. The molecule has 0 saturated carbocycles. The largest absolute Gasteiger partial charge is 0.302 e. The van der Waals surface area contributed by atoms with Crippen LogP contribution in [0.5, 0.6) is 0 Å². The third-order valence-corrected chi connectivity index (χ3v) is 7.64. The quantitative estimate of drug-likeness (QED) is 0.275. The molecule has 0 atom stereocenters. The molecule has 0 saturated heterocycles. The van der Waals surface area contributed by atoms with Crippen LogP contribution in [0.15, 0.2) is 89.8 Å². The lowest BCUT2D eigenvalue weighted by atomic mass is 10.1. The summed E-state index contributed by atoms with van der Waals surface area (Å²) in [6, 6.07) is 22.3. The molecule has 4 rings (SSSR count). The Morgan fingerprint density at radius 3 is 2.15 bits per heavy atom. The Hall–Kier alpha value is -3.69. The monoisotopic (exact) mass is 494 g/mol. The van der Waals surface area contributed by atoms with E-state index in [-0.39, 0.29) is 22.2 Å². The molecule has 0 unspecified atom stereocenters. The molecule has 0 aliphatic carbocycles. The normalized spacial score (nSPS) is 11.2. The highest BCUT2D eigenvalue weighted by molar-refractivity contribution is 7.91. The molecule has 172 valence electrons. The topological polar surface area (TPSA) is 93.2 Å². The van der Waals surface area contributed by atoms with Crippen LogP contribution in [0.25, 0.3) is 11.3 Å². The van der Waals surface area contributed by atoms with Gasteiger partial charge in [-0.2, -0.15) is 0 Å². The van der Waals surface area contributed by atoms with Gasteiger partial charge in [-0.05, 0) is 24.3 Å². The van der Waals surface area contributed by atoms with Gasteiger partial charge in [0, 0.05) is 17.5 Å². The van der Waals surface area contributed by atoms with E-state index in [1.807, 2.05) is 36.4 Å². The zero-order valence-electron chi connectivity index (χ0n) is 17.8. The number of ketones is 1. The second-order valence-electron chi connectivity index (χ2n) is 7.33. The number of sulfone groups is 1. The number of thiazole rings is 1. The minimum atomic E-state index is -3.76. The number of halogens is 1. The van der Waals surface area contributed by atoms with Crippen molar-refractivity contribution in [1.29, 1.82) is 0 Å². The van der Waals surface area contributed by atoms with E-state index in [2.05, 4.69) is 10.3 Å². The first-order chi connectivity index (χ1) is 16.3. The van der Waals surface area contributed by atoms with Crippen molar-refractivity contribution in [3.63, 3.8) is 0 Å². The number of aromatic nitrogens is 1. The number of carbonyl (C=O) groups excluding carboxylic acids is 2. The number of rotatable bonds is 8. The summed E-state index contributed by atoms with van der Waals surface area (Å²) in [5.74, 6) is -1.78. The summed E-state index contributed by atoms with van der Waals surface area (Å²) >= 11 is 1.03. The number of hydrogen-bond acceptors (Lipinski definition) is 6. The van der Waals surface area contributed by atoms with Gasteiger partial charge in [0.25, 0.3) is 0 Å². The number of amides is 1. The van der Waals surface area contributed by atoms with Crippen molar-refractivity contribution in [3.05, 3.63) is 101 Å². The summed E-state index contributed by atoms with van der Waals surface area (Å²) in [6.07, 6.45) is -0.318. The smallest absolute Gasteiger partial charge is 0.227 e. The van der Waals surface area contributed by atoms with E-state index < -0.39 is 27.3 Å². The molecule has 34 heavy (non-hydrogen) atoms. The number of carbonyl (C=O) groups is 2. The standard InChI is InChI=1S/C25H19FN2O4S2/c26-19-11-13-20(14-12-19)34(31,32)16-15-21(29)27-25-28-22(17-7-3-1-4-8-17)24(33-25)23(30)18-9-5-2-6-10-18/h1-14H,15-16H2,(H,27,28,29). The van der Waals surface area contributed by atoms with E-state index in [0.29, 0.717) is 16.1 Å². The van der Waals surface area contributed by atoms with Crippen molar-refractivity contribution in [2.45, 2.75) is 11.3 Å². The van der Waals surface area contributed by atoms with Gasteiger partial charge in [0.1, 0.15) is 10.7 Å². The maximum atomic E-state index is 13.1. The molecule has 1 amide bonds. The molecule has 6 nitrogen and oxygen atoms in total. The molecule has 1 N–H and O–H groups in total. The van der Waals surface area contributed by atoms with E-state index in [1.54, 1.807) is 24.3 Å². The lowest BCUT2D eigenvalue weighted by molar-refractivity contribution is -0.115. The Balaban J connectivity index is 1.54. The fraction of sp³-hybridized carbons (Fsp3) is 0.0800. The summed E-state index contributed by atoms with van der Waals surface area (Å²) in [4.78, 5) is 30.4. The van der Waals surface area contributed by atoms with Crippen LogP contribution in [0.3, 0.4) is 0 Å². The average molecular weight is 495 g/mol. The molecule has 9 heteroatoms. The molecule has 0 bridgehead atoms. The minimum absolute atomic E-state index is 0.0574. The number of nitrogens with one attached hydrogen (secondary N) is 1. The van der Waals surface area contributed by atoms with Gasteiger partial charge in [-0.15, -0.1) is 0 Å². The first-order valence-corrected chi connectivity index (χ1v) is 12.7. The van der Waals surface area contributed by atoms with Crippen LogP contribution in [0.4, 0.5) is 9.52 Å². The van der Waals surface area contributed by atoms with Gasteiger partial charge in [-0.1, -0.05) is 72.0 Å². The Kier molecular flexibility index (Phi) is 6.95. The Bertz CT molecular complexity index is 1420. The molecule has 0 aliphatic heterocycles. The van der Waals surface area contributed by atoms with Gasteiger partial charge in [-0.25, -0.2) is 17.8 Å². The zero-order valence-corrected chi connectivity index (χ0v) is 19.4. The molecule has 3 aromatic carbocycles. The molecular weight excluding hydrogens is 475 g/mol. The van der Waals surface area contributed by atoms with Crippen LogP contribution >= 0.6 is 11.3 Å². The average Bonchev–Trinajstić information content (AvgIpc) is 3.27. The van der Waals surface area contributed by atoms with Crippen molar-refractivity contribution < 1.29 is 22.4 Å². The Labute approximate surface area is 200 Å².